The first-order chi connectivity index (χ1) is 22.0. The number of esters is 2. The lowest BCUT2D eigenvalue weighted by Crippen LogP contribution is -2.37. The van der Waals surface area contributed by atoms with Crippen molar-refractivity contribution < 1.29 is 42.1 Å². The molecule has 0 bridgehead atoms. The number of likely N-dealkylation sites (N-methyl/N-ethyl adjacent to an activating group) is 1. The van der Waals surface area contributed by atoms with Crippen molar-refractivity contribution in [1.82, 2.24) is 0 Å². The number of hydrogen-bond acceptors (Lipinski definition) is 7. The van der Waals surface area contributed by atoms with Crippen LogP contribution in [0.2, 0.25) is 0 Å². The molecule has 0 fully saturated rings. The first-order valence-corrected chi connectivity index (χ1v) is 19.9. The maximum absolute atomic E-state index is 12.6. The van der Waals surface area contributed by atoms with Gasteiger partial charge in [-0.3, -0.25) is 18.6 Å². The molecule has 0 saturated heterocycles. The highest BCUT2D eigenvalue weighted by Gasteiger charge is 2.27. The average Bonchev–Trinajstić information content (AvgIpc) is 2.99. The molecule has 0 aromatic rings. The number of phosphoric ester groups is 1. The summed E-state index contributed by atoms with van der Waals surface area (Å²) in [5.41, 5.74) is 0. The third-order valence-electron chi connectivity index (χ3n) is 7.80. The SMILES string of the molecule is CCCC/C=C\CCCCCCCC(=O)OC[C@H](COP(=O)(O)OCC[N+](C)(C)C)OC(=O)CCCCCCCCCCCCC. The molecular formula is C36H71NO8P+. The maximum Gasteiger partial charge on any atom is 0.472 e. The number of nitrogens with zero attached hydrogens (tertiary/aromatic N) is 1. The lowest BCUT2D eigenvalue weighted by atomic mass is 10.1. The van der Waals surface area contributed by atoms with Gasteiger partial charge in [0.1, 0.15) is 19.8 Å². The Labute approximate surface area is 282 Å². The van der Waals surface area contributed by atoms with Gasteiger partial charge in [-0.15, -0.1) is 0 Å². The Bertz CT molecular complexity index is 814. The second-order valence-corrected chi connectivity index (χ2v) is 15.1. The second kappa shape index (κ2) is 29.9. The summed E-state index contributed by atoms with van der Waals surface area (Å²) < 4.78 is 34.1. The number of unbranched alkanes of at least 4 members (excludes halogenated alkanes) is 17. The molecule has 2 atom stereocenters. The monoisotopic (exact) mass is 676 g/mol. The zero-order valence-electron chi connectivity index (χ0n) is 30.3. The van der Waals surface area contributed by atoms with Gasteiger partial charge in [0, 0.05) is 12.8 Å². The molecule has 0 spiro atoms. The van der Waals surface area contributed by atoms with Crippen molar-refractivity contribution in [3.63, 3.8) is 0 Å². The summed E-state index contributed by atoms with van der Waals surface area (Å²) in [5.74, 6) is -0.809. The van der Waals surface area contributed by atoms with Crippen molar-refractivity contribution in [2.24, 2.45) is 0 Å². The van der Waals surface area contributed by atoms with Gasteiger partial charge in [0.2, 0.25) is 0 Å². The fourth-order valence-electron chi connectivity index (χ4n) is 4.82. The quantitative estimate of drug-likeness (QED) is 0.0241. The Morgan fingerprint density at radius 2 is 1.13 bits per heavy atom. The molecule has 0 radical (unpaired) electrons. The van der Waals surface area contributed by atoms with E-state index in [0.717, 1.165) is 57.8 Å². The van der Waals surface area contributed by atoms with Crippen LogP contribution >= 0.6 is 7.82 Å². The molecule has 9 nitrogen and oxygen atoms in total. The van der Waals surface area contributed by atoms with Crippen LogP contribution < -0.4 is 0 Å². The molecule has 10 heteroatoms. The highest BCUT2D eigenvalue weighted by Crippen LogP contribution is 2.43. The second-order valence-electron chi connectivity index (χ2n) is 13.6. The van der Waals surface area contributed by atoms with E-state index in [4.69, 9.17) is 18.5 Å². The lowest BCUT2D eigenvalue weighted by molar-refractivity contribution is -0.870. The fraction of sp³-hybridized carbons (Fsp3) is 0.889. The molecule has 0 heterocycles. The van der Waals surface area contributed by atoms with Gasteiger partial charge in [0.25, 0.3) is 0 Å². The normalized spacial score (nSPS) is 14.0. The van der Waals surface area contributed by atoms with E-state index in [2.05, 4.69) is 26.0 Å². The van der Waals surface area contributed by atoms with Gasteiger partial charge in [-0.2, -0.15) is 0 Å². The minimum absolute atomic E-state index is 0.0330. The fourth-order valence-corrected chi connectivity index (χ4v) is 5.56. The number of rotatable bonds is 33. The number of allylic oxidation sites excluding steroid dienone is 2. The van der Waals surface area contributed by atoms with Crippen LogP contribution in [-0.4, -0.2) is 74.9 Å². The third kappa shape index (κ3) is 32.7. The smallest absolute Gasteiger partial charge is 0.462 e. The molecule has 0 rings (SSSR count). The van der Waals surface area contributed by atoms with Gasteiger partial charge in [-0.05, 0) is 32.1 Å². The van der Waals surface area contributed by atoms with Gasteiger partial charge < -0.3 is 18.9 Å². The van der Waals surface area contributed by atoms with Crippen molar-refractivity contribution in [1.29, 1.82) is 0 Å². The number of carbonyl (C=O) groups is 2. The van der Waals surface area contributed by atoms with E-state index in [9.17, 15) is 19.0 Å². The van der Waals surface area contributed by atoms with Crippen LogP contribution in [-0.2, 0) is 32.7 Å². The Hall–Kier alpha value is -1.25. The van der Waals surface area contributed by atoms with Crippen LogP contribution in [0.5, 0.6) is 0 Å². The number of phosphoric acid groups is 1. The standard InChI is InChI=1S/C36H70NO8P/c1-6-8-10-12-14-16-18-20-22-24-26-28-35(38)42-32-34(33-44-46(40,41)43-31-30-37(3,4)5)45-36(39)29-27-25-23-21-19-17-15-13-11-9-7-2/h12,14,34H,6-11,13,15-33H2,1-5H3/p+1/b14-12-/t34-/m1/s1. The summed E-state index contributed by atoms with van der Waals surface area (Å²) in [5, 5.41) is 0. The van der Waals surface area contributed by atoms with E-state index in [1.165, 1.54) is 64.2 Å². The van der Waals surface area contributed by atoms with Crippen LogP contribution in [0, 0.1) is 0 Å². The molecule has 0 aromatic heterocycles. The maximum atomic E-state index is 12.6. The van der Waals surface area contributed by atoms with E-state index in [-0.39, 0.29) is 32.0 Å². The molecule has 0 saturated carbocycles. The third-order valence-corrected chi connectivity index (χ3v) is 8.78. The van der Waals surface area contributed by atoms with Crippen LogP contribution in [0.15, 0.2) is 12.2 Å². The zero-order valence-corrected chi connectivity index (χ0v) is 31.2. The Morgan fingerprint density at radius 3 is 1.67 bits per heavy atom. The van der Waals surface area contributed by atoms with Gasteiger partial charge in [0.15, 0.2) is 6.10 Å². The summed E-state index contributed by atoms with van der Waals surface area (Å²) in [6.07, 6.45) is 26.9. The van der Waals surface area contributed by atoms with E-state index < -0.39 is 26.5 Å². The first kappa shape index (κ1) is 44.8. The predicted octanol–water partition coefficient (Wildman–Crippen LogP) is 9.46. The number of carbonyl (C=O) groups excluding carboxylic acids is 2. The van der Waals surface area contributed by atoms with Crippen LogP contribution in [0.1, 0.15) is 155 Å². The molecule has 272 valence electrons. The molecular weight excluding hydrogens is 605 g/mol. The van der Waals surface area contributed by atoms with Gasteiger partial charge in [0.05, 0.1) is 27.7 Å². The minimum atomic E-state index is -4.36. The summed E-state index contributed by atoms with van der Waals surface area (Å²) in [7, 11) is 1.47. The molecule has 0 amide bonds. The van der Waals surface area contributed by atoms with Crippen molar-refractivity contribution in [3.8, 4) is 0 Å². The van der Waals surface area contributed by atoms with E-state index in [1.807, 2.05) is 21.1 Å². The van der Waals surface area contributed by atoms with E-state index in [1.54, 1.807) is 0 Å². The van der Waals surface area contributed by atoms with Gasteiger partial charge in [-0.25, -0.2) is 4.57 Å². The Balaban J connectivity index is 4.47. The summed E-state index contributed by atoms with van der Waals surface area (Å²) >= 11 is 0. The van der Waals surface area contributed by atoms with Crippen LogP contribution in [0.3, 0.4) is 0 Å². The highest BCUT2D eigenvalue weighted by atomic mass is 31.2. The molecule has 0 aromatic carbocycles. The van der Waals surface area contributed by atoms with Gasteiger partial charge >= 0.3 is 19.8 Å². The van der Waals surface area contributed by atoms with Crippen molar-refractivity contribution in [2.75, 3.05) is 47.5 Å². The largest absolute Gasteiger partial charge is 0.472 e. The Kier molecular flexibility index (Phi) is 29.0. The minimum Gasteiger partial charge on any atom is -0.462 e. The first-order valence-electron chi connectivity index (χ1n) is 18.4. The summed E-state index contributed by atoms with van der Waals surface area (Å²) in [6.45, 7) is 4.35. The number of hydrogen-bond donors (Lipinski definition) is 1. The summed E-state index contributed by atoms with van der Waals surface area (Å²) in [4.78, 5) is 35.0. The lowest BCUT2D eigenvalue weighted by Gasteiger charge is -2.24. The number of ether oxygens (including phenoxy) is 2. The van der Waals surface area contributed by atoms with Gasteiger partial charge in [-0.1, -0.05) is 122 Å². The Morgan fingerprint density at radius 1 is 0.652 bits per heavy atom. The molecule has 1 unspecified atom stereocenters. The summed E-state index contributed by atoms with van der Waals surface area (Å²) in [6, 6.07) is 0. The molecule has 46 heavy (non-hydrogen) atoms. The van der Waals surface area contributed by atoms with Crippen molar-refractivity contribution in [3.05, 3.63) is 12.2 Å². The zero-order chi connectivity index (χ0) is 34.4. The van der Waals surface area contributed by atoms with Crippen LogP contribution in [0.25, 0.3) is 0 Å². The molecule has 0 aliphatic carbocycles. The number of quaternary nitrogens is 1. The molecule has 1 N–H and O–H groups in total. The predicted molar refractivity (Wildman–Crippen MR) is 188 cm³/mol. The molecule has 0 aliphatic rings. The highest BCUT2D eigenvalue weighted by molar-refractivity contribution is 7.47. The topological polar surface area (TPSA) is 108 Å². The van der Waals surface area contributed by atoms with E-state index >= 15 is 0 Å². The van der Waals surface area contributed by atoms with E-state index in [0.29, 0.717) is 17.4 Å². The average molecular weight is 677 g/mol. The van der Waals surface area contributed by atoms with Crippen molar-refractivity contribution in [2.45, 2.75) is 161 Å². The molecule has 0 aliphatic heterocycles. The van der Waals surface area contributed by atoms with Crippen LogP contribution in [0.4, 0.5) is 0 Å². The van der Waals surface area contributed by atoms with Crippen molar-refractivity contribution >= 4 is 19.8 Å².